The molecule has 4 rings (SSSR count). The van der Waals surface area contributed by atoms with E-state index in [1.165, 1.54) is 0 Å². The van der Waals surface area contributed by atoms with Crippen molar-refractivity contribution in [1.29, 1.82) is 0 Å². The molecule has 7 nitrogen and oxygen atoms in total. The zero-order valence-electron chi connectivity index (χ0n) is 15.0. The zero-order valence-corrected chi connectivity index (χ0v) is 15.0. The van der Waals surface area contributed by atoms with E-state index < -0.39 is 5.97 Å². The Kier molecular flexibility index (Phi) is 4.19. The summed E-state index contributed by atoms with van der Waals surface area (Å²) in [6, 6.07) is 12.4. The third kappa shape index (κ3) is 2.97. The van der Waals surface area contributed by atoms with E-state index in [2.05, 4.69) is 5.32 Å². The van der Waals surface area contributed by atoms with Gasteiger partial charge < -0.3 is 19.9 Å². The summed E-state index contributed by atoms with van der Waals surface area (Å²) in [5.74, 6) is 1.37. The fourth-order valence-corrected chi connectivity index (χ4v) is 3.28. The normalized spacial score (nSPS) is 12.4. The highest BCUT2D eigenvalue weighted by Crippen LogP contribution is 2.37. The van der Waals surface area contributed by atoms with Gasteiger partial charge in [-0.25, -0.2) is 9.48 Å². The van der Waals surface area contributed by atoms with E-state index in [1.54, 1.807) is 38.5 Å². The van der Waals surface area contributed by atoms with Crippen LogP contribution in [0, 0.1) is 0 Å². The predicted octanol–water partition coefficient (Wildman–Crippen LogP) is 3.22. The topological polar surface area (TPSA) is 85.6 Å². The maximum Gasteiger partial charge on any atom is 0.335 e. The summed E-state index contributed by atoms with van der Waals surface area (Å²) in [6.07, 6.45) is 0.859. The van der Waals surface area contributed by atoms with Gasteiger partial charge in [0.25, 0.3) is 0 Å². The number of rotatable bonds is 5. The van der Waals surface area contributed by atoms with Gasteiger partial charge in [-0.3, -0.25) is 0 Å². The highest BCUT2D eigenvalue weighted by atomic mass is 16.5. The summed E-state index contributed by atoms with van der Waals surface area (Å²) in [6.45, 7) is 0.828. The van der Waals surface area contributed by atoms with E-state index >= 15 is 0 Å². The molecule has 0 fully saturated rings. The number of methoxy groups -OCH3 is 2. The van der Waals surface area contributed by atoms with Crippen LogP contribution in [0.3, 0.4) is 0 Å². The molecule has 138 valence electrons. The second kappa shape index (κ2) is 6.68. The Labute approximate surface area is 156 Å². The minimum atomic E-state index is -0.950. The van der Waals surface area contributed by atoms with E-state index in [4.69, 9.17) is 19.7 Å². The molecule has 0 atom stereocenters. The number of aromatic carboxylic acids is 1. The monoisotopic (exact) mass is 365 g/mol. The van der Waals surface area contributed by atoms with Crippen molar-refractivity contribution in [3.63, 3.8) is 0 Å². The van der Waals surface area contributed by atoms with Gasteiger partial charge in [0.05, 0.1) is 31.2 Å². The molecule has 1 aliphatic rings. The minimum absolute atomic E-state index is 0.244. The Bertz CT molecular complexity index is 987. The Balaban J connectivity index is 1.83. The quantitative estimate of drug-likeness (QED) is 0.722. The lowest BCUT2D eigenvalue weighted by Crippen LogP contribution is -2.05. The molecule has 7 heteroatoms. The van der Waals surface area contributed by atoms with Crippen molar-refractivity contribution in [2.75, 3.05) is 26.1 Å². The maximum atomic E-state index is 11.1. The van der Waals surface area contributed by atoms with E-state index in [0.29, 0.717) is 11.5 Å². The van der Waals surface area contributed by atoms with Crippen molar-refractivity contribution in [3.05, 3.63) is 53.6 Å². The van der Waals surface area contributed by atoms with Crippen molar-refractivity contribution in [3.8, 4) is 28.4 Å². The first-order valence-electron chi connectivity index (χ1n) is 8.53. The summed E-state index contributed by atoms with van der Waals surface area (Å²) in [5.41, 5.74) is 3.93. The molecule has 0 amide bonds. The van der Waals surface area contributed by atoms with Gasteiger partial charge in [-0.05, 0) is 42.8 Å². The summed E-state index contributed by atoms with van der Waals surface area (Å²) in [5, 5.41) is 17.3. The first-order chi connectivity index (χ1) is 13.1. The Morgan fingerprint density at radius 2 is 1.78 bits per heavy atom. The molecule has 1 aromatic heterocycles. The number of nitrogens with one attached hydrogen (secondary N) is 1. The standard InChI is InChI=1S/C20H19N3O4/c1-26-15-9-13(10-16(11-15)27-2)18-17-7-8-21-19(17)23(22-18)14-5-3-12(4-6-14)20(24)25/h3-6,9-11,21H,7-8H2,1-2H3,(H,24,25). The van der Waals surface area contributed by atoms with Crippen LogP contribution in [0.1, 0.15) is 15.9 Å². The van der Waals surface area contributed by atoms with E-state index in [-0.39, 0.29) is 5.56 Å². The number of anilines is 1. The van der Waals surface area contributed by atoms with Gasteiger partial charge in [-0.1, -0.05) is 0 Å². The molecule has 2 heterocycles. The van der Waals surface area contributed by atoms with E-state index in [0.717, 1.165) is 41.3 Å². The second-order valence-corrected chi connectivity index (χ2v) is 6.22. The van der Waals surface area contributed by atoms with Gasteiger partial charge in [-0.2, -0.15) is 5.10 Å². The van der Waals surface area contributed by atoms with E-state index in [9.17, 15) is 4.79 Å². The van der Waals surface area contributed by atoms with Crippen molar-refractivity contribution in [1.82, 2.24) is 9.78 Å². The highest BCUT2D eigenvalue weighted by Gasteiger charge is 2.24. The molecule has 0 aliphatic carbocycles. The van der Waals surface area contributed by atoms with Crippen molar-refractivity contribution in [2.45, 2.75) is 6.42 Å². The van der Waals surface area contributed by atoms with Crippen molar-refractivity contribution in [2.24, 2.45) is 0 Å². The molecule has 0 radical (unpaired) electrons. The number of nitrogens with zero attached hydrogens (tertiary/aromatic N) is 2. The summed E-state index contributed by atoms with van der Waals surface area (Å²) in [4.78, 5) is 11.1. The lowest BCUT2D eigenvalue weighted by molar-refractivity contribution is 0.0697. The molecule has 0 unspecified atom stereocenters. The highest BCUT2D eigenvalue weighted by molar-refractivity contribution is 5.87. The number of hydrogen-bond acceptors (Lipinski definition) is 5. The van der Waals surface area contributed by atoms with Crippen LogP contribution < -0.4 is 14.8 Å². The summed E-state index contributed by atoms with van der Waals surface area (Å²) < 4.78 is 12.6. The van der Waals surface area contributed by atoms with Crippen LogP contribution in [0.25, 0.3) is 16.9 Å². The molecule has 1 aliphatic heterocycles. The number of fused-ring (bicyclic) bond motifs is 1. The molecule has 27 heavy (non-hydrogen) atoms. The van der Waals surface area contributed by atoms with Gasteiger partial charge in [0.15, 0.2) is 0 Å². The van der Waals surface area contributed by atoms with Crippen LogP contribution in [0.4, 0.5) is 5.82 Å². The van der Waals surface area contributed by atoms with Crippen LogP contribution >= 0.6 is 0 Å². The second-order valence-electron chi connectivity index (χ2n) is 6.22. The number of benzene rings is 2. The number of carbonyl (C=O) groups is 1. The van der Waals surface area contributed by atoms with Crippen LogP contribution in [0.15, 0.2) is 42.5 Å². The van der Waals surface area contributed by atoms with E-state index in [1.807, 2.05) is 22.9 Å². The molecular formula is C20H19N3O4. The summed E-state index contributed by atoms with van der Waals surface area (Å²) >= 11 is 0. The molecule has 2 N–H and O–H groups in total. The number of carboxylic acids is 1. The van der Waals surface area contributed by atoms with Crippen LogP contribution in [-0.2, 0) is 6.42 Å². The number of ether oxygens (including phenoxy) is 2. The van der Waals surface area contributed by atoms with Crippen molar-refractivity contribution >= 4 is 11.8 Å². The average Bonchev–Trinajstić information content (AvgIpc) is 3.30. The average molecular weight is 365 g/mol. The van der Waals surface area contributed by atoms with Gasteiger partial charge in [0.1, 0.15) is 17.3 Å². The fourth-order valence-electron chi connectivity index (χ4n) is 3.28. The first-order valence-corrected chi connectivity index (χ1v) is 8.53. The van der Waals surface area contributed by atoms with Gasteiger partial charge >= 0.3 is 5.97 Å². The lowest BCUT2D eigenvalue weighted by atomic mass is 10.1. The molecule has 0 bridgehead atoms. The first kappa shape index (κ1) is 17.0. The van der Waals surface area contributed by atoms with Crippen LogP contribution in [0.5, 0.6) is 11.5 Å². The largest absolute Gasteiger partial charge is 0.497 e. The smallest absolute Gasteiger partial charge is 0.335 e. The fraction of sp³-hybridized carbons (Fsp3) is 0.200. The summed E-state index contributed by atoms with van der Waals surface area (Å²) in [7, 11) is 3.24. The van der Waals surface area contributed by atoms with Crippen molar-refractivity contribution < 1.29 is 19.4 Å². The molecule has 0 saturated carbocycles. The number of aromatic nitrogens is 2. The third-order valence-corrected chi connectivity index (χ3v) is 4.63. The zero-order chi connectivity index (χ0) is 19.0. The van der Waals surface area contributed by atoms with Gasteiger partial charge in [-0.15, -0.1) is 0 Å². The third-order valence-electron chi connectivity index (χ3n) is 4.63. The van der Waals surface area contributed by atoms with Gasteiger partial charge in [0.2, 0.25) is 0 Å². The number of carboxylic acid groups (broad SMARTS) is 1. The molecule has 0 spiro atoms. The van der Waals surface area contributed by atoms with Crippen LogP contribution in [0.2, 0.25) is 0 Å². The Morgan fingerprint density at radius 1 is 1.11 bits per heavy atom. The lowest BCUT2D eigenvalue weighted by Gasteiger charge is -2.08. The molecular weight excluding hydrogens is 346 g/mol. The molecule has 2 aromatic carbocycles. The molecule has 3 aromatic rings. The predicted molar refractivity (Wildman–Crippen MR) is 101 cm³/mol. The SMILES string of the molecule is COc1cc(OC)cc(-c2nn(-c3ccc(C(=O)O)cc3)c3c2CCN3)c1. The number of hydrogen-bond donors (Lipinski definition) is 2. The Morgan fingerprint density at radius 3 is 2.37 bits per heavy atom. The van der Waals surface area contributed by atoms with Crippen LogP contribution in [-0.4, -0.2) is 41.6 Å². The maximum absolute atomic E-state index is 11.1. The van der Waals surface area contributed by atoms with Gasteiger partial charge in [0, 0.05) is 23.7 Å². The Hall–Kier alpha value is -3.48. The molecule has 0 saturated heterocycles. The minimum Gasteiger partial charge on any atom is -0.497 e.